The smallest absolute Gasteiger partial charge is 0.261 e. The van der Waals surface area contributed by atoms with Gasteiger partial charge in [0.2, 0.25) is 15.9 Å². The van der Waals surface area contributed by atoms with Gasteiger partial charge in [0, 0.05) is 12.1 Å². The van der Waals surface area contributed by atoms with Crippen molar-refractivity contribution in [2.45, 2.75) is 44.3 Å². The molecule has 1 saturated carbocycles. The summed E-state index contributed by atoms with van der Waals surface area (Å²) in [6, 6.07) is 6.70. The lowest BCUT2D eigenvalue weighted by Crippen LogP contribution is -2.46. The number of nitrogens with one attached hydrogen (secondary N) is 2. The maximum atomic E-state index is 12.4. The number of benzene rings is 1. The van der Waals surface area contributed by atoms with Gasteiger partial charge >= 0.3 is 0 Å². The summed E-state index contributed by atoms with van der Waals surface area (Å²) < 4.78 is 26.6. The Kier molecular flexibility index (Phi) is 5.38. The summed E-state index contributed by atoms with van der Waals surface area (Å²) >= 11 is 0. The van der Waals surface area contributed by atoms with Crippen LogP contribution in [0.4, 0.5) is 0 Å². The molecule has 0 bridgehead atoms. The third-order valence-corrected chi connectivity index (χ3v) is 5.23. The topological polar surface area (TPSA) is 110 Å². The quantitative estimate of drug-likeness (QED) is 0.781. The number of aromatic nitrogens is 2. The number of carbonyl (C=O) groups excluding carboxylic acids is 1. The van der Waals surface area contributed by atoms with E-state index in [9.17, 15) is 18.0 Å². The molecule has 3 rings (SSSR count). The zero-order chi connectivity index (χ0) is 18.7. The zero-order valence-electron chi connectivity index (χ0n) is 14.5. The summed E-state index contributed by atoms with van der Waals surface area (Å²) in [4.78, 5) is 29.0. The second-order valence-corrected chi connectivity index (χ2v) is 8.49. The van der Waals surface area contributed by atoms with Gasteiger partial charge in [0.25, 0.3) is 5.56 Å². The second-order valence-electron chi connectivity index (χ2n) is 6.71. The van der Waals surface area contributed by atoms with Crippen molar-refractivity contribution < 1.29 is 13.2 Å². The summed E-state index contributed by atoms with van der Waals surface area (Å²) in [6.45, 7) is -0.114. The summed E-state index contributed by atoms with van der Waals surface area (Å²) in [7, 11) is -3.27. The van der Waals surface area contributed by atoms with E-state index in [2.05, 4.69) is 15.0 Å². The highest BCUT2D eigenvalue weighted by Gasteiger charge is 2.25. The molecule has 26 heavy (non-hydrogen) atoms. The number of fused-ring (bicyclic) bond motifs is 1. The average Bonchev–Trinajstić information content (AvgIpc) is 2.56. The highest BCUT2D eigenvalue weighted by molar-refractivity contribution is 7.88. The van der Waals surface area contributed by atoms with Crippen molar-refractivity contribution in [3.05, 3.63) is 40.9 Å². The van der Waals surface area contributed by atoms with Crippen LogP contribution in [0.3, 0.4) is 0 Å². The first kappa shape index (κ1) is 18.5. The molecular weight excluding hydrogens is 356 g/mol. The van der Waals surface area contributed by atoms with Gasteiger partial charge in [-0.15, -0.1) is 0 Å². The first-order chi connectivity index (χ1) is 12.3. The van der Waals surface area contributed by atoms with Crippen molar-refractivity contribution in [2.24, 2.45) is 0 Å². The fourth-order valence-corrected chi connectivity index (χ4v) is 4.20. The highest BCUT2D eigenvalue weighted by Crippen LogP contribution is 2.19. The Balaban J connectivity index is 1.64. The first-order valence-corrected chi connectivity index (χ1v) is 10.4. The van der Waals surface area contributed by atoms with Gasteiger partial charge in [-0.25, -0.2) is 18.1 Å². The molecule has 0 saturated heterocycles. The first-order valence-electron chi connectivity index (χ1n) is 8.53. The van der Waals surface area contributed by atoms with Crippen molar-refractivity contribution in [1.29, 1.82) is 0 Å². The summed E-state index contributed by atoms with van der Waals surface area (Å²) in [5.41, 5.74) is 0.335. The normalized spacial score (nSPS) is 20.8. The average molecular weight is 378 g/mol. The number of amides is 1. The molecule has 1 heterocycles. The predicted octanol–water partition coefficient (Wildman–Crippen LogP) is 0.373. The molecular formula is C17H22N4O4S. The van der Waals surface area contributed by atoms with E-state index in [-0.39, 0.29) is 30.1 Å². The van der Waals surface area contributed by atoms with Crippen LogP contribution in [0.1, 0.15) is 25.7 Å². The van der Waals surface area contributed by atoms with Crippen molar-refractivity contribution >= 4 is 26.8 Å². The van der Waals surface area contributed by atoms with Crippen LogP contribution >= 0.6 is 0 Å². The van der Waals surface area contributed by atoms with Crippen molar-refractivity contribution in [1.82, 2.24) is 19.6 Å². The lowest BCUT2D eigenvalue weighted by Gasteiger charge is -2.29. The van der Waals surface area contributed by atoms with Gasteiger partial charge in [0.15, 0.2) is 0 Å². The Hall–Kier alpha value is -2.26. The number of para-hydroxylation sites is 1. The van der Waals surface area contributed by atoms with Gasteiger partial charge in [-0.2, -0.15) is 0 Å². The van der Waals surface area contributed by atoms with Crippen molar-refractivity contribution in [3.63, 3.8) is 0 Å². The van der Waals surface area contributed by atoms with E-state index < -0.39 is 10.0 Å². The number of hydrogen-bond acceptors (Lipinski definition) is 5. The fraction of sp³-hybridized carbons (Fsp3) is 0.471. The minimum absolute atomic E-state index is 0.111. The lowest BCUT2D eigenvalue weighted by atomic mass is 9.91. The van der Waals surface area contributed by atoms with E-state index in [1.807, 2.05) is 0 Å². The molecule has 1 aromatic heterocycles. The summed E-state index contributed by atoms with van der Waals surface area (Å²) in [5.74, 6) is -0.283. The summed E-state index contributed by atoms with van der Waals surface area (Å²) in [6.07, 6.45) is 5.43. The van der Waals surface area contributed by atoms with Gasteiger partial charge in [-0.3, -0.25) is 14.2 Å². The van der Waals surface area contributed by atoms with Gasteiger partial charge in [-0.1, -0.05) is 12.1 Å². The van der Waals surface area contributed by atoms with Crippen molar-refractivity contribution in [3.8, 4) is 0 Å². The molecule has 0 unspecified atom stereocenters. The molecule has 1 aliphatic carbocycles. The van der Waals surface area contributed by atoms with E-state index in [1.54, 1.807) is 24.3 Å². The summed E-state index contributed by atoms with van der Waals surface area (Å²) in [5, 5.41) is 3.37. The van der Waals surface area contributed by atoms with E-state index in [1.165, 1.54) is 10.9 Å². The molecule has 2 aromatic rings. The number of rotatable bonds is 5. The second kappa shape index (κ2) is 7.55. The zero-order valence-corrected chi connectivity index (χ0v) is 15.3. The standard InChI is InChI=1S/C17H22N4O4S/c1-26(24,25)20-13-6-4-5-12(9-13)19-16(22)10-21-11-18-15-8-3-2-7-14(15)17(21)23/h2-3,7-8,11-13,20H,4-6,9-10H2,1H3,(H,19,22)/t12-,13+/m1/s1. The van der Waals surface area contributed by atoms with E-state index in [0.717, 1.165) is 25.5 Å². The molecule has 8 nitrogen and oxygen atoms in total. The maximum absolute atomic E-state index is 12.4. The molecule has 0 spiro atoms. The molecule has 2 atom stereocenters. The molecule has 1 aromatic carbocycles. The molecule has 1 amide bonds. The van der Waals surface area contributed by atoms with E-state index in [4.69, 9.17) is 0 Å². The number of nitrogens with zero attached hydrogens (tertiary/aromatic N) is 2. The van der Waals surface area contributed by atoms with Crippen LogP contribution in [-0.2, 0) is 21.4 Å². The molecule has 0 aliphatic heterocycles. The molecule has 9 heteroatoms. The van der Waals surface area contributed by atoms with E-state index in [0.29, 0.717) is 17.3 Å². The largest absolute Gasteiger partial charge is 0.352 e. The predicted molar refractivity (Wildman–Crippen MR) is 98.2 cm³/mol. The van der Waals surface area contributed by atoms with Gasteiger partial charge < -0.3 is 5.32 Å². The third-order valence-electron chi connectivity index (χ3n) is 4.47. The number of carbonyl (C=O) groups is 1. The van der Waals surface area contributed by atoms with Crippen LogP contribution in [0.2, 0.25) is 0 Å². The van der Waals surface area contributed by atoms with Crippen LogP contribution in [0, 0.1) is 0 Å². The molecule has 1 aliphatic rings. The van der Waals surface area contributed by atoms with Gasteiger partial charge in [0.1, 0.15) is 6.54 Å². The fourth-order valence-electron chi connectivity index (χ4n) is 3.38. The SMILES string of the molecule is CS(=O)(=O)N[C@H]1CCC[C@@H](NC(=O)Cn2cnc3ccccc3c2=O)C1. The Bertz CT molecular complexity index is 970. The van der Waals surface area contributed by atoms with E-state index >= 15 is 0 Å². The lowest BCUT2D eigenvalue weighted by molar-refractivity contribution is -0.122. The van der Waals surface area contributed by atoms with Gasteiger partial charge in [0.05, 0.1) is 23.5 Å². The Labute approximate surface area is 151 Å². The Morgan fingerprint density at radius 3 is 2.77 bits per heavy atom. The number of hydrogen-bond donors (Lipinski definition) is 2. The monoisotopic (exact) mass is 378 g/mol. The molecule has 2 N–H and O–H groups in total. The molecule has 1 fully saturated rings. The number of sulfonamides is 1. The maximum Gasteiger partial charge on any atom is 0.261 e. The van der Waals surface area contributed by atoms with Crippen LogP contribution in [0.25, 0.3) is 10.9 Å². The van der Waals surface area contributed by atoms with Crippen molar-refractivity contribution in [2.75, 3.05) is 6.26 Å². The van der Waals surface area contributed by atoms with Crippen LogP contribution < -0.4 is 15.6 Å². The Morgan fingerprint density at radius 2 is 2.00 bits per heavy atom. The minimum Gasteiger partial charge on any atom is -0.352 e. The minimum atomic E-state index is -3.27. The van der Waals surface area contributed by atoms with Crippen LogP contribution in [-0.4, -0.2) is 42.2 Å². The van der Waals surface area contributed by atoms with Crippen LogP contribution in [0.5, 0.6) is 0 Å². The van der Waals surface area contributed by atoms with Gasteiger partial charge in [-0.05, 0) is 37.8 Å². The third kappa shape index (κ3) is 4.67. The van der Waals surface area contributed by atoms with Crippen LogP contribution in [0.15, 0.2) is 35.4 Å². The Morgan fingerprint density at radius 1 is 1.27 bits per heavy atom. The highest BCUT2D eigenvalue weighted by atomic mass is 32.2. The molecule has 140 valence electrons. The molecule has 0 radical (unpaired) electrons.